The van der Waals surface area contributed by atoms with Crippen molar-refractivity contribution in [1.29, 1.82) is 0 Å². The molecule has 0 saturated carbocycles. The second-order valence-corrected chi connectivity index (χ2v) is 7.73. The minimum atomic E-state index is 0.161. The summed E-state index contributed by atoms with van der Waals surface area (Å²) in [5.41, 5.74) is 2.99. The van der Waals surface area contributed by atoms with Crippen molar-refractivity contribution in [1.82, 2.24) is 4.90 Å². The molecule has 1 aromatic carbocycles. The molecule has 1 heterocycles. The summed E-state index contributed by atoms with van der Waals surface area (Å²) < 4.78 is 0.279. The molecular formula is C16H24N2OS. The van der Waals surface area contributed by atoms with E-state index in [9.17, 15) is 4.79 Å². The second kappa shape index (κ2) is 6.08. The fraction of sp³-hybridized carbons (Fsp3) is 0.562. The molecule has 110 valence electrons. The summed E-state index contributed by atoms with van der Waals surface area (Å²) in [4.78, 5) is 14.6. The van der Waals surface area contributed by atoms with Crippen LogP contribution in [0.15, 0.2) is 18.2 Å². The summed E-state index contributed by atoms with van der Waals surface area (Å²) in [7, 11) is 1.90. The molecule has 1 aliphatic rings. The molecule has 0 unspecified atom stereocenters. The third-order valence-corrected chi connectivity index (χ3v) is 5.24. The van der Waals surface area contributed by atoms with Crippen molar-refractivity contribution in [2.24, 2.45) is 0 Å². The van der Waals surface area contributed by atoms with Gasteiger partial charge in [0.2, 0.25) is 0 Å². The van der Waals surface area contributed by atoms with Crippen LogP contribution in [0.4, 0.5) is 5.69 Å². The molecule has 20 heavy (non-hydrogen) atoms. The fourth-order valence-corrected chi connectivity index (χ4v) is 3.58. The summed E-state index contributed by atoms with van der Waals surface area (Å²) in [6.45, 7) is 8.25. The topological polar surface area (TPSA) is 32.3 Å². The first kappa shape index (κ1) is 15.2. The molecule has 1 aliphatic heterocycles. The Bertz CT molecular complexity index is 499. The van der Waals surface area contributed by atoms with Crippen LogP contribution in [0.25, 0.3) is 0 Å². The van der Waals surface area contributed by atoms with Gasteiger partial charge in [0.15, 0.2) is 0 Å². The molecule has 2 rings (SSSR count). The third kappa shape index (κ3) is 3.48. The quantitative estimate of drug-likeness (QED) is 0.907. The summed E-state index contributed by atoms with van der Waals surface area (Å²) in [6.07, 6.45) is 1.05. The lowest BCUT2D eigenvalue weighted by molar-refractivity contribution is 0.0764. The van der Waals surface area contributed by atoms with E-state index in [1.54, 1.807) is 0 Å². The minimum absolute atomic E-state index is 0.161. The molecule has 0 radical (unpaired) electrons. The molecule has 0 aliphatic carbocycles. The van der Waals surface area contributed by atoms with Crippen LogP contribution in [0.5, 0.6) is 0 Å². The van der Waals surface area contributed by atoms with Gasteiger partial charge in [-0.3, -0.25) is 4.79 Å². The van der Waals surface area contributed by atoms with Crippen LogP contribution in [0, 0.1) is 6.92 Å². The molecule has 0 aromatic heterocycles. The van der Waals surface area contributed by atoms with Crippen molar-refractivity contribution in [3.63, 3.8) is 0 Å². The van der Waals surface area contributed by atoms with Gasteiger partial charge in [0.1, 0.15) is 0 Å². The lowest BCUT2D eigenvalue weighted by atomic mass is 10.1. The van der Waals surface area contributed by atoms with Crippen LogP contribution >= 0.6 is 11.8 Å². The highest BCUT2D eigenvalue weighted by atomic mass is 32.2. The number of aryl methyl sites for hydroxylation is 1. The van der Waals surface area contributed by atoms with E-state index in [-0.39, 0.29) is 10.7 Å². The van der Waals surface area contributed by atoms with E-state index in [2.05, 4.69) is 19.2 Å². The maximum Gasteiger partial charge on any atom is 0.253 e. The third-order valence-electron chi connectivity index (χ3n) is 3.87. The first-order valence-electron chi connectivity index (χ1n) is 7.14. The van der Waals surface area contributed by atoms with Gasteiger partial charge in [-0.25, -0.2) is 0 Å². The molecule has 1 saturated heterocycles. The van der Waals surface area contributed by atoms with Crippen LogP contribution in [-0.2, 0) is 0 Å². The molecule has 1 amide bonds. The second-order valence-electron chi connectivity index (χ2n) is 5.93. The van der Waals surface area contributed by atoms with E-state index in [1.165, 1.54) is 0 Å². The van der Waals surface area contributed by atoms with Crippen molar-refractivity contribution in [2.75, 3.05) is 31.2 Å². The predicted molar refractivity (Wildman–Crippen MR) is 87.8 cm³/mol. The zero-order valence-corrected chi connectivity index (χ0v) is 13.6. The molecule has 1 aromatic rings. The summed E-state index contributed by atoms with van der Waals surface area (Å²) >= 11 is 1.96. The first-order chi connectivity index (χ1) is 9.43. The zero-order valence-electron chi connectivity index (χ0n) is 12.8. The van der Waals surface area contributed by atoms with Crippen LogP contribution < -0.4 is 5.32 Å². The molecule has 0 bridgehead atoms. The number of nitrogens with one attached hydrogen (secondary N) is 1. The number of nitrogens with zero attached hydrogens (tertiary/aromatic N) is 1. The van der Waals surface area contributed by atoms with E-state index < -0.39 is 0 Å². The number of amides is 1. The molecule has 0 atom stereocenters. The number of anilines is 1. The molecule has 3 nitrogen and oxygen atoms in total. The maximum atomic E-state index is 12.6. The van der Waals surface area contributed by atoms with Gasteiger partial charge >= 0.3 is 0 Å². The van der Waals surface area contributed by atoms with Gasteiger partial charge in [0.25, 0.3) is 5.91 Å². The average molecular weight is 292 g/mol. The molecule has 4 heteroatoms. The average Bonchev–Trinajstić information content (AvgIpc) is 2.59. The Hall–Kier alpha value is -1.16. The Labute approximate surface area is 126 Å². The number of benzene rings is 1. The van der Waals surface area contributed by atoms with E-state index in [1.807, 2.05) is 48.8 Å². The number of hydrogen-bond acceptors (Lipinski definition) is 3. The van der Waals surface area contributed by atoms with E-state index in [4.69, 9.17) is 0 Å². The Morgan fingerprint density at radius 1 is 1.35 bits per heavy atom. The van der Waals surface area contributed by atoms with Gasteiger partial charge in [0.05, 0.1) is 0 Å². The molecule has 1 fully saturated rings. The number of carbonyl (C=O) groups is 1. The van der Waals surface area contributed by atoms with Gasteiger partial charge in [-0.05, 0) is 37.1 Å². The molecule has 0 spiro atoms. The highest BCUT2D eigenvalue weighted by Gasteiger charge is 2.26. The van der Waals surface area contributed by atoms with Crippen molar-refractivity contribution in [2.45, 2.75) is 31.9 Å². The van der Waals surface area contributed by atoms with E-state index in [0.29, 0.717) is 0 Å². The monoisotopic (exact) mass is 292 g/mol. The number of hydrogen-bond donors (Lipinski definition) is 1. The van der Waals surface area contributed by atoms with Crippen molar-refractivity contribution >= 4 is 23.4 Å². The molecular weight excluding hydrogens is 268 g/mol. The largest absolute Gasteiger partial charge is 0.388 e. The number of rotatable bonds is 2. The van der Waals surface area contributed by atoms with E-state index in [0.717, 1.165) is 42.1 Å². The first-order valence-corrected chi connectivity index (χ1v) is 8.13. The van der Waals surface area contributed by atoms with Gasteiger partial charge in [-0.1, -0.05) is 13.8 Å². The Balaban J connectivity index is 2.13. The van der Waals surface area contributed by atoms with Crippen molar-refractivity contribution in [3.8, 4) is 0 Å². The SMILES string of the molecule is CNc1ccc(C(=O)N2CCSC(C)(C)CC2)cc1C. The van der Waals surface area contributed by atoms with Gasteiger partial charge in [-0.15, -0.1) is 0 Å². The Morgan fingerprint density at radius 3 is 2.75 bits per heavy atom. The smallest absolute Gasteiger partial charge is 0.253 e. The summed E-state index contributed by atoms with van der Waals surface area (Å²) in [5, 5.41) is 3.13. The number of thioether (sulfide) groups is 1. The Morgan fingerprint density at radius 2 is 2.10 bits per heavy atom. The van der Waals surface area contributed by atoms with Crippen molar-refractivity contribution in [3.05, 3.63) is 29.3 Å². The van der Waals surface area contributed by atoms with Crippen LogP contribution in [0.1, 0.15) is 36.2 Å². The van der Waals surface area contributed by atoms with Gasteiger partial charge in [0, 0.05) is 41.9 Å². The lowest BCUT2D eigenvalue weighted by Crippen LogP contribution is -2.33. The van der Waals surface area contributed by atoms with Gasteiger partial charge in [-0.2, -0.15) is 11.8 Å². The standard InChI is InChI=1S/C16H24N2OS/c1-12-11-13(5-6-14(12)17-4)15(19)18-8-7-16(2,3)20-10-9-18/h5-6,11,17H,7-10H2,1-4H3. The van der Waals surface area contributed by atoms with Gasteiger partial charge < -0.3 is 10.2 Å². The fourth-order valence-electron chi connectivity index (χ4n) is 2.48. The normalized spacial score (nSPS) is 18.5. The summed E-state index contributed by atoms with van der Waals surface area (Å²) in [5.74, 6) is 1.18. The van der Waals surface area contributed by atoms with Crippen LogP contribution in [0.2, 0.25) is 0 Å². The van der Waals surface area contributed by atoms with Crippen LogP contribution in [-0.4, -0.2) is 41.4 Å². The zero-order chi connectivity index (χ0) is 14.8. The minimum Gasteiger partial charge on any atom is -0.388 e. The Kier molecular flexibility index (Phi) is 4.63. The number of carbonyl (C=O) groups excluding carboxylic acids is 1. The van der Waals surface area contributed by atoms with Crippen molar-refractivity contribution < 1.29 is 4.79 Å². The predicted octanol–water partition coefficient (Wildman–Crippen LogP) is 3.39. The summed E-state index contributed by atoms with van der Waals surface area (Å²) in [6, 6.07) is 5.89. The highest BCUT2D eigenvalue weighted by molar-refractivity contribution is 8.00. The lowest BCUT2D eigenvalue weighted by Gasteiger charge is -2.23. The molecule has 1 N–H and O–H groups in total. The highest BCUT2D eigenvalue weighted by Crippen LogP contribution is 2.31. The van der Waals surface area contributed by atoms with E-state index >= 15 is 0 Å². The van der Waals surface area contributed by atoms with Crippen LogP contribution in [0.3, 0.4) is 0 Å². The maximum absolute atomic E-state index is 12.6.